The number of carbonyl (C=O) groups is 4. The molecule has 1 aromatic carbocycles. The Labute approximate surface area is 394 Å². The Morgan fingerprint density at radius 1 is 1.11 bits per heavy atom. The molecule has 19 nitrogen and oxygen atoms in total. The number of benzene rings is 1. The SMILES string of the molecule is COc1cc2cc(c1Cl)N(C)C(=O)CC(OC(=O)C(C)N(C)C(=O)CCSc1cc(O)n(CCOCCOCCN)c1O)C1(C)CC(C)(O1)C1CC(O)(NC(=O)O1)C(OC)C=CC=C(C)C2. The molecule has 0 saturated carbocycles. The van der Waals surface area contributed by atoms with E-state index in [0.717, 1.165) is 22.9 Å². The van der Waals surface area contributed by atoms with E-state index in [2.05, 4.69) is 5.32 Å². The summed E-state index contributed by atoms with van der Waals surface area (Å²) in [6.07, 6.45) is 1.07. The molecule has 21 heteroatoms. The third-order valence-corrected chi connectivity index (χ3v) is 13.5. The van der Waals surface area contributed by atoms with Gasteiger partial charge in [0.25, 0.3) is 0 Å². The van der Waals surface area contributed by atoms with Crippen molar-refractivity contribution in [1.82, 2.24) is 14.8 Å². The molecule has 2 aromatic rings. The van der Waals surface area contributed by atoms with Crippen molar-refractivity contribution in [3.63, 3.8) is 0 Å². The number of aliphatic hydroxyl groups is 1. The number of aromatic hydroxyl groups is 2. The summed E-state index contributed by atoms with van der Waals surface area (Å²) in [6.45, 7) is 8.69. The minimum absolute atomic E-state index is 0.0401. The molecule has 66 heavy (non-hydrogen) atoms. The van der Waals surface area contributed by atoms with Gasteiger partial charge < -0.3 is 64.0 Å². The van der Waals surface area contributed by atoms with Crippen LogP contribution in [-0.4, -0.2) is 157 Å². The van der Waals surface area contributed by atoms with Crippen molar-refractivity contribution in [3.8, 4) is 17.5 Å². The number of hydrogen-bond acceptors (Lipinski definition) is 16. The molecule has 7 unspecified atom stereocenters. The predicted octanol–water partition coefficient (Wildman–Crippen LogP) is 4.05. The second-order valence-corrected chi connectivity index (χ2v) is 18.6. The number of rotatable bonds is 17. The first-order valence-corrected chi connectivity index (χ1v) is 23.0. The molecule has 7 atom stereocenters. The van der Waals surface area contributed by atoms with Gasteiger partial charge in [0, 0.05) is 58.8 Å². The maximum atomic E-state index is 14.3. The van der Waals surface area contributed by atoms with Crippen molar-refractivity contribution in [3.05, 3.63) is 52.6 Å². The second-order valence-electron chi connectivity index (χ2n) is 17.1. The molecular formula is C45H64ClN5O14S. The average Bonchev–Trinajstić information content (AvgIpc) is 3.53. The maximum Gasteiger partial charge on any atom is 0.409 e. The molecule has 0 aliphatic carbocycles. The fraction of sp³-hybridized carbons (Fsp3) is 0.600. The first-order chi connectivity index (χ1) is 31.2. The normalized spacial score (nSPS) is 26.1. The predicted molar refractivity (Wildman–Crippen MR) is 245 cm³/mol. The van der Waals surface area contributed by atoms with Crippen LogP contribution in [0.1, 0.15) is 58.9 Å². The van der Waals surface area contributed by atoms with Gasteiger partial charge in [-0.3, -0.25) is 19.5 Å². The fourth-order valence-corrected chi connectivity index (χ4v) is 9.56. The Morgan fingerprint density at radius 3 is 2.47 bits per heavy atom. The minimum atomic E-state index is -1.90. The number of allylic oxidation sites excluding steroid dienone is 3. The highest BCUT2D eigenvalue weighted by Crippen LogP contribution is 2.50. The number of alkyl carbamates (subject to hydrolysis) is 1. The highest BCUT2D eigenvalue weighted by Gasteiger charge is 2.63. The number of amides is 3. The van der Waals surface area contributed by atoms with Crippen LogP contribution in [0.15, 0.2) is 46.9 Å². The van der Waals surface area contributed by atoms with Crippen molar-refractivity contribution in [1.29, 1.82) is 0 Å². The van der Waals surface area contributed by atoms with E-state index in [4.69, 9.17) is 50.5 Å². The Balaban J connectivity index is 1.33. The molecule has 4 aliphatic heterocycles. The van der Waals surface area contributed by atoms with Gasteiger partial charge in [0.05, 0.1) is 57.1 Å². The zero-order chi connectivity index (χ0) is 48.6. The third kappa shape index (κ3) is 12.3. The molecule has 2 fully saturated rings. The number of halogens is 1. The largest absolute Gasteiger partial charge is 0.495 e. The number of esters is 1. The molecule has 3 amide bonds. The second kappa shape index (κ2) is 22.5. The maximum absolute atomic E-state index is 14.3. The van der Waals surface area contributed by atoms with Crippen LogP contribution in [0, 0.1) is 0 Å². The molecule has 6 bridgehead atoms. The summed E-state index contributed by atoms with van der Waals surface area (Å²) in [7, 11) is 5.89. The smallest absolute Gasteiger partial charge is 0.409 e. The zero-order valence-corrected chi connectivity index (χ0v) is 40.4. The molecular weight excluding hydrogens is 902 g/mol. The van der Waals surface area contributed by atoms with Crippen molar-refractivity contribution < 1.29 is 67.7 Å². The Morgan fingerprint density at radius 2 is 1.80 bits per heavy atom. The van der Waals surface area contributed by atoms with E-state index in [9.17, 15) is 34.5 Å². The van der Waals surface area contributed by atoms with Gasteiger partial charge in [-0.05, 0) is 51.8 Å². The van der Waals surface area contributed by atoms with Crippen LogP contribution in [0.4, 0.5) is 10.5 Å². The molecule has 366 valence electrons. The summed E-state index contributed by atoms with van der Waals surface area (Å²) in [5, 5.41) is 35.7. The number of nitrogens with one attached hydrogen (secondary N) is 1. The minimum Gasteiger partial charge on any atom is -0.495 e. The summed E-state index contributed by atoms with van der Waals surface area (Å²) in [6, 6.07) is 3.82. The molecule has 6 rings (SSSR count). The summed E-state index contributed by atoms with van der Waals surface area (Å²) in [5.74, 6) is -1.51. The Bertz CT molecular complexity index is 2130. The number of aromatic nitrogens is 1. The number of fused-ring (bicyclic) bond motifs is 6. The van der Waals surface area contributed by atoms with Crippen molar-refractivity contribution >= 4 is 52.9 Å². The van der Waals surface area contributed by atoms with E-state index in [0.29, 0.717) is 49.1 Å². The number of nitrogens with two attached hydrogens (primary N) is 1. The number of nitrogens with zero attached hydrogens (tertiary/aromatic N) is 3. The average molecular weight is 967 g/mol. The van der Waals surface area contributed by atoms with Gasteiger partial charge in [-0.1, -0.05) is 35.4 Å². The Kier molecular flexibility index (Phi) is 17.9. The molecule has 5 heterocycles. The Hall–Kier alpha value is -4.54. The van der Waals surface area contributed by atoms with Crippen molar-refractivity contribution in [2.45, 2.75) is 113 Å². The van der Waals surface area contributed by atoms with Crippen LogP contribution in [0.5, 0.6) is 17.5 Å². The summed E-state index contributed by atoms with van der Waals surface area (Å²) >= 11 is 7.95. The number of hydrogen-bond donors (Lipinski definition) is 5. The van der Waals surface area contributed by atoms with Gasteiger partial charge in [-0.2, -0.15) is 0 Å². The molecule has 1 aromatic heterocycles. The quantitative estimate of drug-likeness (QED) is 0.0854. The van der Waals surface area contributed by atoms with E-state index < -0.39 is 65.2 Å². The molecule has 4 aliphatic rings. The number of methoxy groups -OCH3 is 2. The van der Waals surface area contributed by atoms with Crippen LogP contribution in [-0.2, 0) is 55.8 Å². The molecule has 2 saturated heterocycles. The van der Waals surface area contributed by atoms with Gasteiger partial charge in [0.2, 0.25) is 17.7 Å². The first-order valence-electron chi connectivity index (χ1n) is 21.7. The van der Waals surface area contributed by atoms with Crippen LogP contribution < -0.4 is 20.7 Å². The van der Waals surface area contributed by atoms with Crippen molar-refractivity contribution in [2.75, 3.05) is 71.9 Å². The van der Waals surface area contributed by atoms with E-state index in [1.165, 1.54) is 48.6 Å². The van der Waals surface area contributed by atoms with Crippen LogP contribution in [0.2, 0.25) is 5.02 Å². The fourth-order valence-electron chi connectivity index (χ4n) is 8.33. The van der Waals surface area contributed by atoms with Crippen LogP contribution in [0.25, 0.3) is 0 Å². The number of anilines is 1. The van der Waals surface area contributed by atoms with Crippen LogP contribution >= 0.6 is 23.4 Å². The van der Waals surface area contributed by atoms with Gasteiger partial charge in [0.1, 0.15) is 46.3 Å². The van der Waals surface area contributed by atoms with Crippen LogP contribution in [0.3, 0.4) is 0 Å². The van der Waals surface area contributed by atoms with Gasteiger partial charge in [0.15, 0.2) is 11.6 Å². The number of ether oxygens (including phenoxy) is 7. The lowest BCUT2D eigenvalue weighted by Gasteiger charge is -2.59. The zero-order valence-electron chi connectivity index (χ0n) is 38.8. The molecule has 0 radical (unpaired) electrons. The third-order valence-electron chi connectivity index (χ3n) is 12.1. The van der Waals surface area contributed by atoms with Gasteiger partial charge in [-0.15, -0.1) is 11.8 Å². The number of thioether (sulfide) groups is 1. The standard InChI is InChI=1S/C45H64ClN5O14S/c1-27-10-9-11-33(60-8)45(58)25-35(64-42(57)48-45)44(4)26-43(3,65-44)34(24-37(53)50(6)30-21-29(20-27)22-31(59-7)39(30)46)63-41(56)28(2)49(5)36(52)12-19-66-32-23-38(54)51(40(32)55)14-16-62-18-17-61-15-13-47/h9-11,21-23,28,33-35,54-55,58H,12-20,24-26,47H2,1-8H3,(H,48,57). The van der Waals surface area contributed by atoms with E-state index in [1.807, 2.05) is 13.0 Å². The summed E-state index contributed by atoms with van der Waals surface area (Å²) < 4.78 is 41.7. The summed E-state index contributed by atoms with van der Waals surface area (Å²) in [5.41, 5.74) is 3.00. The lowest BCUT2D eigenvalue weighted by molar-refractivity contribution is -0.328. The topological polar surface area (TPSA) is 243 Å². The number of likely N-dealkylation sites (N-methyl/N-ethyl adjacent to an activating group) is 1. The monoisotopic (exact) mass is 965 g/mol. The first kappa shape index (κ1) is 52.4. The highest BCUT2D eigenvalue weighted by molar-refractivity contribution is 7.99. The van der Waals surface area contributed by atoms with Gasteiger partial charge in [-0.25, -0.2) is 9.59 Å². The lowest BCUT2D eigenvalue weighted by Crippen LogP contribution is -2.72. The number of carbonyl (C=O) groups excluding carboxylic acids is 4. The van der Waals surface area contributed by atoms with E-state index in [1.54, 1.807) is 45.2 Å². The molecule has 6 N–H and O–H groups in total. The van der Waals surface area contributed by atoms with Gasteiger partial charge >= 0.3 is 12.1 Å². The molecule has 0 spiro atoms. The van der Waals surface area contributed by atoms with E-state index >= 15 is 0 Å². The van der Waals surface area contributed by atoms with Crippen molar-refractivity contribution in [2.24, 2.45) is 5.73 Å². The lowest BCUT2D eigenvalue weighted by atomic mass is 9.72. The summed E-state index contributed by atoms with van der Waals surface area (Å²) in [4.78, 5) is 57.7. The highest BCUT2D eigenvalue weighted by atomic mass is 35.5. The van der Waals surface area contributed by atoms with E-state index in [-0.39, 0.29) is 61.4 Å².